The number of fused-ring (bicyclic) bond motifs is 1. The number of aliphatic hydroxyl groups is 1. The van der Waals surface area contributed by atoms with Crippen LogP contribution in [0.1, 0.15) is 48.3 Å². The summed E-state index contributed by atoms with van der Waals surface area (Å²) in [4.78, 5) is 29.6. The smallest absolute Gasteiger partial charge is 0.218 e. The molecule has 0 radical (unpaired) electrons. The molecule has 1 N–H and O–H groups in total. The minimum Gasteiger partial charge on any atom is -0.481 e. The van der Waals surface area contributed by atoms with Crippen molar-refractivity contribution in [2.75, 3.05) is 13.7 Å². The normalized spacial score (nSPS) is 12.4. The van der Waals surface area contributed by atoms with Crippen molar-refractivity contribution in [1.82, 2.24) is 9.55 Å². The molecule has 0 saturated heterocycles. The first-order valence-corrected chi connectivity index (χ1v) is 10.5. The van der Waals surface area contributed by atoms with Gasteiger partial charge in [0.2, 0.25) is 11.3 Å². The fourth-order valence-electron chi connectivity index (χ4n) is 3.85. The van der Waals surface area contributed by atoms with E-state index in [4.69, 9.17) is 4.74 Å². The second-order valence-corrected chi connectivity index (χ2v) is 8.21. The van der Waals surface area contributed by atoms with Gasteiger partial charge < -0.3 is 14.4 Å². The van der Waals surface area contributed by atoms with Gasteiger partial charge in [0.1, 0.15) is 23.1 Å². The van der Waals surface area contributed by atoms with Crippen LogP contribution in [-0.2, 0) is 12.8 Å². The average molecular weight is 462 g/mol. The lowest BCUT2D eigenvalue weighted by Gasteiger charge is -2.24. The molecule has 176 valence electrons. The van der Waals surface area contributed by atoms with Crippen LogP contribution >= 0.6 is 0 Å². The number of aromatic nitrogens is 2. The number of carbonyl (C=O) groups excluding carboxylic acids is 1. The topological polar surface area (TPSA) is 81.4 Å². The summed E-state index contributed by atoms with van der Waals surface area (Å²) in [6.45, 7) is 4.79. The van der Waals surface area contributed by atoms with E-state index >= 15 is 0 Å². The minimum atomic E-state index is -1.01. The maximum atomic E-state index is 14.1. The monoisotopic (exact) mass is 462 g/mol. The summed E-state index contributed by atoms with van der Waals surface area (Å²) < 4.78 is 48.3. The number of aryl methyl sites for hydroxylation is 1. The molecular formula is C24H25F3N2O4. The number of hydrogen-bond donors (Lipinski definition) is 1. The first-order valence-electron chi connectivity index (χ1n) is 10.5. The third-order valence-electron chi connectivity index (χ3n) is 5.68. The molecule has 1 aromatic carbocycles. The zero-order valence-corrected chi connectivity index (χ0v) is 18.8. The Morgan fingerprint density at radius 2 is 1.79 bits per heavy atom. The zero-order chi connectivity index (χ0) is 24.4. The number of rotatable bonds is 8. The number of methoxy groups -OCH3 is 1. The highest BCUT2D eigenvalue weighted by atomic mass is 19.1. The number of hydrogen-bond acceptors (Lipinski definition) is 5. The number of halogens is 3. The SMILES string of the molecule is COc1nc2c(cc1CCc1c(F)cc(F)cc1F)c(=O)c(C(C)=O)cn2[C@H](CO)C(C)C. The van der Waals surface area contributed by atoms with E-state index in [9.17, 15) is 27.9 Å². The molecule has 2 aromatic heterocycles. The quantitative estimate of drug-likeness (QED) is 0.512. The van der Waals surface area contributed by atoms with E-state index in [0.29, 0.717) is 17.7 Å². The van der Waals surface area contributed by atoms with E-state index in [2.05, 4.69) is 4.98 Å². The molecule has 0 aliphatic rings. The molecule has 2 heterocycles. The average Bonchev–Trinajstić information content (AvgIpc) is 2.74. The highest BCUT2D eigenvalue weighted by molar-refractivity contribution is 5.96. The van der Waals surface area contributed by atoms with Crippen LogP contribution in [0, 0.1) is 23.4 Å². The molecule has 0 spiro atoms. The van der Waals surface area contributed by atoms with Gasteiger partial charge in [-0.1, -0.05) is 13.8 Å². The lowest BCUT2D eigenvalue weighted by atomic mass is 10.0. The molecule has 0 saturated carbocycles. The van der Waals surface area contributed by atoms with Crippen molar-refractivity contribution in [1.29, 1.82) is 0 Å². The van der Waals surface area contributed by atoms with Gasteiger partial charge in [0.15, 0.2) is 5.78 Å². The van der Waals surface area contributed by atoms with Gasteiger partial charge >= 0.3 is 0 Å². The Labute approximate surface area is 188 Å². The number of aliphatic hydroxyl groups excluding tert-OH is 1. The molecule has 0 fully saturated rings. The van der Waals surface area contributed by atoms with Gasteiger partial charge in [-0.15, -0.1) is 0 Å². The Kier molecular flexibility index (Phi) is 7.22. The Morgan fingerprint density at radius 3 is 2.30 bits per heavy atom. The van der Waals surface area contributed by atoms with Crippen LogP contribution in [0.4, 0.5) is 13.2 Å². The van der Waals surface area contributed by atoms with Crippen molar-refractivity contribution in [3.63, 3.8) is 0 Å². The van der Waals surface area contributed by atoms with Crippen LogP contribution < -0.4 is 10.2 Å². The van der Waals surface area contributed by atoms with Crippen molar-refractivity contribution in [2.24, 2.45) is 5.92 Å². The van der Waals surface area contributed by atoms with Crippen LogP contribution in [0.5, 0.6) is 5.88 Å². The maximum Gasteiger partial charge on any atom is 0.218 e. The summed E-state index contributed by atoms with van der Waals surface area (Å²) in [5, 5.41) is 10.1. The fourth-order valence-corrected chi connectivity index (χ4v) is 3.85. The van der Waals surface area contributed by atoms with Gasteiger partial charge in [-0.2, -0.15) is 4.98 Å². The first kappa shape index (κ1) is 24.4. The minimum absolute atomic E-state index is 0.0441. The molecule has 1 atom stereocenters. The lowest BCUT2D eigenvalue weighted by molar-refractivity contribution is 0.101. The molecule has 3 rings (SSSR count). The molecule has 6 nitrogen and oxygen atoms in total. The number of benzene rings is 1. The van der Waals surface area contributed by atoms with Crippen molar-refractivity contribution < 1.29 is 27.8 Å². The van der Waals surface area contributed by atoms with Gasteiger partial charge in [-0.25, -0.2) is 13.2 Å². The van der Waals surface area contributed by atoms with E-state index in [1.165, 1.54) is 26.3 Å². The Morgan fingerprint density at radius 1 is 1.15 bits per heavy atom. The lowest BCUT2D eigenvalue weighted by Crippen LogP contribution is -2.25. The predicted molar refractivity (Wildman–Crippen MR) is 117 cm³/mol. The number of Topliss-reactive ketones (excluding diaryl/α,β-unsaturated/α-hetero) is 1. The molecular weight excluding hydrogens is 437 g/mol. The molecule has 33 heavy (non-hydrogen) atoms. The van der Waals surface area contributed by atoms with Crippen LogP contribution in [0.3, 0.4) is 0 Å². The molecule has 0 amide bonds. The van der Waals surface area contributed by atoms with Crippen LogP contribution in [0.2, 0.25) is 0 Å². The summed E-state index contributed by atoms with van der Waals surface area (Å²) in [7, 11) is 1.37. The van der Waals surface area contributed by atoms with E-state index in [1.807, 2.05) is 13.8 Å². The van der Waals surface area contributed by atoms with Crippen molar-refractivity contribution in [3.8, 4) is 5.88 Å². The summed E-state index contributed by atoms with van der Waals surface area (Å²) in [6, 6.07) is 2.23. The van der Waals surface area contributed by atoms with E-state index in [1.54, 1.807) is 4.57 Å². The second kappa shape index (κ2) is 9.74. The molecule has 0 aliphatic heterocycles. The van der Waals surface area contributed by atoms with Crippen molar-refractivity contribution in [2.45, 2.75) is 39.7 Å². The summed E-state index contributed by atoms with van der Waals surface area (Å²) in [6.07, 6.45) is 1.31. The van der Waals surface area contributed by atoms with E-state index < -0.39 is 34.7 Å². The predicted octanol–water partition coefficient (Wildman–Crippen LogP) is 4.00. The maximum absolute atomic E-state index is 14.1. The highest BCUT2D eigenvalue weighted by Gasteiger charge is 2.23. The summed E-state index contributed by atoms with van der Waals surface area (Å²) in [5.41, 5.74) is -0.284. The fraction of sp³-hybridized carbons (Fsp3) is 0.375. The van der Waals surface area contributed by atoms with Gasteiger partial charge in [0, 0.05) is 29.5 Å². The highest BCUT2D eigenvalue weighted by Crippen LogP contribution is 2.27. The van der Waals surface area contributed by atoms with E-state index in [-0.39, 0.29) is 53.4 Å². The zero-order valence-electron chi connectivity index (χ0n) is 18.8. The number of ketones is 1. The number of carbonyl (C=O) groups is 1. The van der Waals surface area contributed by atoms with Crippen LogP contribution in [0.15, 0.2) is 29.2 Å². The third-order valence-corrected chi connectivity index (χ3v) is 5.68. The van der Waals surface area contributed by atoms with Gasteiger partial charge in [0.25, 0.3) is 0 Å². The van der Waals surface area contributed by atoms with Gasteiger partial charge in [0.05, 0.1) is 30.7 Å². The standard InChI is InChI=1S/C24H25F3N2O4/c1-12(2)21(11-30)29-10-18(13(3)31)22(32)17-7-14(24(33-4)28-23(17)29)5-6-16-19(26)8-15(25)9-20(16)27/h7-10,12,21,30H,5-6,11H2,1-4H3/t21-/m1/s1. The molecule has 0 aliphatic carbocycles. The Hall–Kier alpha value is -3.20. The summed E-state index contributed by atoms with van der Waals surface area (Å²) in [5.74, 6) is -3.39. The Balaban J connectivity index is 2.19. The van der Waals surface area contributed by atoms with Crippen molar-refractivity contribution >= 4 is 16.8 Å². The molecule has 3 aromatic rings. The van der Waals surface area contributed by atoms with Gasteiger partial charge in [-0.05, 0) is 31.7 Å². The number of nitrogens with zero attached hydrogens (tertiary/aromatic N) is 2. The summed E-state index contributed by atoms with van der Waals surface area (Å²) >= 11 is 0. The van der Waals surface area contributed by atoms with Crippen molar-refractivity contribution in [3.05, 3.63) is 68.8 Å². The number of pyridine rings is 2. The van der Waals surface area contributed by atoms with E-state index in [0.717, 1.165) is 0 Å². The van der Waals surface area contributed by atoms with Crippen LogP contribution in [0.25, 0.3) is 11.0 Å². The Bertz CT molecular complexity index is 1250. The molecule has 0 unspecified atom stereocenters. The third kappa shape index (κ3) is 4.78. The first-order chi connectivity index (χ1) is 15.6. The van der Waals surface area contributed by atoms with Crippen LogP contribution in [-0.4, -0.2) is 34.2 Å². The second-order valence-electron chi connectivity index (χ2n) is 8.21. The largest absolute Gasteiger partial charge is 0.481 e. The molecule has 9 heteroatoms. The molecule has 0 bridgehead atoms. The number of ether oxygens (including phenoxy) is 1. The van der Waals surface area contributed by atoms with Gasteiger partial charge in [-0.3, -0.25) is 9.59 Å².